The first-order chi connectivity index (χ1) is 16.5. The Bertz CT molecular complexity index is 1000. The molecule has 3 aliphatic rings. The van der Waals surface area contributed by atoms with Gasteiger partial charge in [-0.15, -0.1) is 0 Å². The number of esters is 1. The first kappa shape index (κ1) is 25.9. The number of nitrogens with one attached hydrogen (secondary N) is 1. The highest BCUT2D eigenvalue weighted by Crippen LogP contribution is 2.65. The van der Waals surface area contributed by atoms with Crippen LogP contribution >= 0.6 is 11.6 Å². The number of carbonyl (C=O) groups is 3. The summed E-state index contributed by atoms with van der Waals surface area (Å²) in [4.78, 5) is 42.7. The van der Waals surface area contributed by atoms with Gasteiger partial charge in [-0.3, -0.25) is 14.4 Å². The Morgan fingerprint density at radius 2 is 1.97 bits per heavy atom. The van der Waals surface area contributed by atoms with Crippen molar-refractivity contribution >= 4 is 35.1 Å². The highest BCUT2D eigenvalue weighted by Gasteiger charge is 2.80. The first-order valence-electron chi connectivity index (χ1n) is 12.4. The van der Waals surface area contributed by atoms with Gasteiger partial charge in [0.15, 0.2) is 0 Å². The van der Waals surface area contributed by atoms with E-state index in [9.17, 15) is 19.5 Å². The average molecular weight is 507 g/mol. The molecule has 9 heteroatoms. The Kier molecular flexibility index (Phi) is 6.94. The lowest BCUT2D eigenvalue weighted by atomic mass is 9.62. The topological polar surface area (TPSA) is 105 Å². The van der Waals surface area contributed by atoms with Crippen molar-refractivity contribution < 1.29 is 29.0 Å². The molecule has 0 radical (unpaired) electrons. The van der Waals surface area contributed by atoms with Gasteiger partial charge in [0.2, 0.25) is 11.8 Å². The predicted octanol–water partition coefficient (Wildman–Crippen LogP) is 3.26. The zero-order valence-corrected chi connectivity index (χ0v) is 21.7. The SMILES string of the molecule is CCOC(=O)[C@@H]1[C@H]2C(=O)N([C@@H](CO)[C@@H](C)CC)C(C(=O)Nc3ccc(Cl)cc3)C23CC(C)[C@@]1(C)O3. The summed E-state index contributed by atoms with van der Waals surface area (Å²) in [5.41, 5.74) is -1.59. The van der Waals surface area contributed by atoms with Crippen LogP contribution in [-0.2, 0) is 23.9 Å². The molecule has 1 aromatic rings. The highest BCUT2D eigenvalue weighted by molar-refractivity contribution is 6.30. The van der Waals surface area contributed by atoms with Crippen LogP contribution in [0, 0.1) is 23.7 Å². The number of carbonyl (C=O) groups excluding carboxylic acids is 3. The van der Waals surface area contributed by atoms with Gasteiger partial charge in [0.25, 0.3) is 0 Å². The first-order valence-corrected chi connectivity index (χ1v) is 12.8. The van der Waals surface area contributed by atoms with Crippen molar-refractivity contribution in [1.29, 1.82) is 0 Å². The van der Waals surface area contributed by atoms with Gasteiger partial charge in [0.1, 0.15) is 17.6 Å². The van der Waals surface area contributed by atoms with Gasteiger partial charge in [-0.2, -0.15) is 0 Å². The average Bonchev–Trinajstić information content (AvgIpc) is 3.33. The number of nitrogens with zero attached hydrogens (tertiary/aromatic N) is 1. The van der Waals surface area contributed by atoms with E-state index >= 15 is 0 Å². The number of hydrogen-bond acceptors (Lipinski definition) is 6. The number of hydrogen-bond donors (Lipinski definition) is 2. The smallest absolute Gasteiger partial charge is 0.312 e. The molecule has 3 saturated heterocycles. The van der Waals surface area contributed by atoms with Gasteiger partial charge >= 0.3 is 5.97 Å². The molecule has 0 saturated carbocycles. The number of amides is 2. The lowest BCUT2D eigenvalue weighted by molar-refractivity contribution is -0.162. The summed E-state index contributed by atoms with van der Waals surface area (Å²) in [5, 5.41) is 13.8. The quantitative estimate of drug-likeness (QED) is 0.524. The largest absolute Gasteiger partial charge is 0.466 e. The van der Waals surface area contributed by atoms with Crippen molar-refractivity contribution in [2.45, 2.75) is 70.7 Å². The monoisotopic (exact) mass is 506 g/mol. The minimum absolute atomic E-state index is 0.0729. The summed E-state index contributed by atoms with van der Waals surface area (Å²) in [6.07, 6.45) is 1.15. The van der Waals surface area contributed by atoms with Crippen LogP contribution in [0.4, 0.5) is 5.69 Å². The van der Waals surface area contributed by atoms with Crippen molar-refractivity contribution in [2.24, 2.45) is 23.7 Å². The van der Waals surface area contributed by atoms with Crippen LogP contribution in [0.15, 0.2) is 24.3 Å². The number of halogens is 1. The molecule has 3 aliphatic heterocycles. The Hall–Kier alpha value is -2.16. The molecule has 35 heavy (non-hydrogen) atoms. The van der Waals surface area contributed by atoms with Crippen LogP contribution in [0.5, 0.6) is 0 Å². The van der Waals surface area contributed by atoms with Gasteiger partial charge in [-0.25, -0.2) is 0 Å². The Morgan fingerprint density at radius 1 is 1.31 bits per heavy atom. The number of ether oxygens (including phenoxy) is 2. The number of aliphatic hydroxyl groups excluding tert-OH is 1. The fraction of sp³-hybridized carbons (Fsp3) is 0.654. The number of fused-ring (bicyclic) bond motifs is 1. The van der Waals surface area contributed by atoms with Crippen LogP contribution in [0.25, 0.3) is 0 Å². The molecule has 2 N–H and O–H groups in total. The molecule has 192 valence electrons. The molecule has 8 atom stereocenters. The summed E-state index contributed by atoms with van der Waals surface area (Å²) in [5.74, 6) is -3.07. The predicted molar refractivity (Wildman–Crippen MR) is 131 cm³/mol. The standard InChI is InChI=1S/C26H35ClN2O6/c1-6-14(3)18(13-30)29-21(22(31)28-17-10-8-16(27)9-11-17)26-12-15(4)25(5,35-26)20(19(26)23(29)32)24(33)34-7-2/h8-11,14-15,18-21,30H,6-7,12-13H2,1-5H3,(H,28,31)/t14-,15?,18-,19-,20-,21?,25+,26?/m0/s1. The van der Waals surface area contributed by atoms with E-state index in [-0.39, 0.29) is 31.0 Å². The molecule has 2 bridgehead atoms. The van der Waals surface area contributed by atoms with E-state index in [0.717, 1.165) is 0 Å². The van der Waals surface area contributed by atoms with Gasteiger partial charge in [0.05, 0.1) is 30.8 Å². The summed E-state index contributed by atoms with van der Waals surface area (Å²) in [6.45, 7) is 9.35. The van der Waals surface area contributed by atoms with E-state index in [1.807, 2.05) is 27.7 Å². The maximum Gasteiger partial charge on any atom is 0.312 e. The summed E-state index contributed by atoms with van der Waals surface area (Å²) >= 11 is 6.00. The van der Waals surface area contributed by atoms with Crippen molar-refractivity contribution in [3.05, 3.63) is 29.3 Å². The zero-order chi connectivity index (χ0) is 25.7. The molecular weight excluding hydrogens is 472 g/mol. The Balaban J connectivity index is 1.82. The molecular formula is C26H35ClN2O6. The van der Waals surface area contributed by atoms with E-state index < -0.39 is 47.0 Å². The van der Waals surface area contributed by atoms with Crippen molar-refractivity contribution in [2.75, 3.05) is 18.5 Å². The molecule has 1 spiro atoms. The third-order valence-electron chi connectivity index (χ3n) is 8.50. The lowest BCUT2D eigenvalue weighted by Gasteiger charge is -2.39. The molecule has 8 nitrogen and oxygen atoms in total. The second-order valence-corrected chi connectivity index (χ2v) is 10.8. The fourth-order valence-corrected chi connectivity index (χ4v) is 6.61. The number of likely N-dealkylation sites (tertiary alicyclic amines) is 1. The maximum atomic E-state index is 14.1. The molecule has 0 aliphatic carbocycles. The summed E-state index contributed by atoms with van der Waals surface area (Å²) < 4.78 is 12.0. The van der Waals surface area contributed by atoms with Crippen LogP contribution in [-0.4, -0.2) is 64.3 Å². The van der Waals surface area contributed by atoms with Gasteiger partial charge < -0.3 is 24.8 Å². The molecule has 3 unspecified atom stereocenters. The molecule has 3 heterocycles. The van der Waals surface area contributed by atoms with Crippen molar-refractivity contribution in [3.63, 3.8) is 0 Å². The van der Waals surface area contributed by atoms with Gasteiger partial charge in [-0.05, 0) is 56.4 Å². The van der Waals surface area contributed by atoms with Crippen molar-refractivity contribution in [1.82, 2.24) is 4.90 Å². The van der Waals surface area contributed by atoms with E-state index in [4.69, 9.17) is 21.1 Å². The second-order valence-electron chi connectivity index (χ2n) is 10.3. The zero-order valence-electron chi connectivity index (χ0n) is 20.9. The number of benzene rings is 1. The Morgan fingerprint density at radius 3 is 2.54 bits per heavy atom. The third kappa shape index (κ3) is 3.85. The molecule has 1 aromatic carbocycles. The fourth-order valence-electron chi connectivity index (χ4n) is 6.48. The van der Waals surface area contributed by atoms with Crippen molar-refractivity contribution in [3.8, 4) is 0 Å². The van der Waals surface area contributed by atoms with E-state index in [0.29, 0.717) is 23.6 Å². The highest BCUT2D eigenvalue weighted by atomic mass is 35.5. The van der Waals surface area contributed by atoms with E-state index in [1.54, 1.807) is 31.2 Å². The van der Waals surface area contributed by atoms with Crippen LogP contribution < -0.4 is 5.32 Å². The minimum Gasteiger partial charge on any atom is -0.466 e. The summed E-state index contributed by atoms with van der Waals surface area (Å²) in [6, 6.07) is 5.11. The molecule has 4 rings (SSSR count). The van der Waals surface area contributed by atoms with E-state index in [1.165, 1.54) is 4.90 Å². The minimum atomic E-state index is -1.19. The molecule has 2 amide bonds. The molecule has 0 aromatic heterocycles. The van der Waals surface area contributed by atoms with E-state index in [2.05, 4.69) is 5.32 Å². The Labute approximate surface area is 211 Å². The summed E-state index contributed by atoms with van der Waals surface area (Å²) in [7, 11) is 0. The van der Waals surface area contributed by atoms with Crippen LogP contribution in [0.1, 0.15) is 47.5 Å². The second kappa shape index (κ2) is 9.37. The number of anilines is 1. The van der Waals surface area contributed by atoms with Gasteiger partial charge in [0, 0.05) is 10.7 Å². The maximum absolute atomic E-state index is 14.1. The molecule has 3 fully saturated rings. The third-order valence-corrected chi connectivity index (χ3v) is 8.75. The normalized spacial score (nSPS) is 35.1. The van der Waals surface area contributed by atoms with Crippen LogP contribution in [0.3, 0.4) is 0 Å². The van der Waals surface area contributed by atoms with Gasteiger partial charge in [-0.1, -0.05) is 38.8 Å². The number of rotatable bonds is 8. The van der Waals surface area contributed by atoms with Crippen LogP contribution in [0.2, 0.25) is 5.02 Å². The lowest BCUT2D eigenvalue weighted by Crippen LogP contribution is -2.57. The number of aliphatic hydroxyl groups is 1.